The lowest BCUT2D eigenvalue weighted by Crippen LogP contribution is -2.17. The van der Waals surface area contributed by atoms with Gasteiger partial charge in [-0.15, -0.1) is 0 Å². The summed E-state index contributed by atoms with van der Waals surface area (Å²) >= 11 is 0. The summed E-state index contributed by atoms with van der Waals surface area (Å²) in [6.07, 6.45) is 4.39. The summed E-state index contributed by atoms with van der Waals surface area (Å²) in [5, 5.41) is 13.1. The quantitative estimate of drug-likeness (QED) is 0.289. The molecule has 3 aromatic rings. The van der Waals surface area contributed by atoms with Crippen molar-refractivity contribution in [1.29, 1.82) is 0 Å². The predicted octanol–water partition coefficient (Wildman–Crippen LogP) is 2.78. The Hall–Kier alpha value is -4.20. The number of ether oxygens (including phenoxy) is 2. The smallest absolute Gasteiger partial charge is 0.345 e. The summed E-state index contributed by atoms with van der Waals surface area (Å²) in [6, 6.07) is 13.9. The minimum Gasteiger partial charge on any atom is -0.508 e. The molecule has 0 aliphatic heterocycles. The largest absolute Gasteiger partial charge is 0.508 e. The van der Waals surface area contributed by atoms with E-state index < -0.39 is 11.9 Å². The van der Waals surface area contributed by atoms with E-state index in [0.29, 0.717) is 22.4 Å². The second kappa shape index (κ2) is 9.14. The molecule has 0 fully saturated rings. The van der Waals surface area contributed by atoms with Gasteiger partial charge in [-0.2, -0.15) is 5.10 Å². The first-order valence-corrected chi connectivity index (χ1v) is 8.49. The monoisotopic (exact) mass is 391 g/mol. The fourth-order valence-electron chi connectivity index (χ4n) is 2.33. The number of benzene rings is 2. The summed E-state index contributed by atoms with van der Waals surface area (Å²) in [7, 11) is 1.45. The number of nitrogens with zero attached hydrogens (tertiary/aromatic N) is 2. The summed E-state index contributed by atoms with van der Waals surface area (Å²) in [5.41, 5.74) is 3.68. The van der Waals surface area contributed by atoms with Gasteiger partial charge >= 0.3 is 5.97 Å². The molecule has 3 rings (SSSR count). The first-order chi connectivity index (χ1) is 14.1. The molecule has 1 aromatic heterocycles. The number of phenolic OH excluding ortho intramolecular Hbond substituents is 1. The zero-order valence-electron chi connectivity index (χ0n) is 15.4. The highest BCUT2D eigenvalue weighted by molar-refractivity contribution is 5.95. The van der Waals surface area contributed by atoms with Crippen LogP contribution in [0.2, 0.25) is 0 Å². The van der Waals surface area contributed by atoms with Crippen LogP contribution >= 0.6 is 0 Å². The molecule has 8 nitrogen and oxygen atoms in total. The molecule has 0 unspecified atom stereocenters. The molecule has 0 radical (unpaired) electrons. The van der Waals surface area contributed by atoms with Crippen molar-refractivity contribution >= 4 is 18.1 Å². The Kier molecular flexibility index (Phi) is 6.16. The van der Waals surface area contributed by atoms with Crippen molar-refractivity contribution in [1.82, 2.24) is 10.4 Å². The van der Waals surface area contributed by atoms with E-state index in [0.717, 1.165) is 0 Å². The van der Waals surface area contributed by atoms with Gasteiger partial charge < -0.3 is 14.6 Å². The number of phenols is 1. The lowest BCUT2D eigenvalue weighted by atomic mass is 10.2. The van der Waals surface area contributed by atoms with Gasteiger partial charge in [-0.05, 0) is 60.2 Å². The summed E-state index contributed by atoms with van der Waals surface area (Å²) in [5.74, 6) is -0.335. The SMILES string of the molecule is COc1cc(/C=N/NC(=O)c2ccc(O)cc2)ccc1OC(=O)c1cccnc1. The first kappa shape index (κ1) is 19.6. The Bertz CT molecular complexity index is 1030. The maximum atomic E-state index is 12.2. The molecule has 29 heavy (non-hydrogen) atoms. The Balaban J connectivity index is 1.66. The highest BCUT2D eigenvalue weighted by atomic mass is 16.6. The van der Waals surface area contributed by atoms with Crippen LogP contribution in [0.5, 0.6) is 17.2 Å². The van der Waals surface area contributed by atoms with E-state index >= 15 is 0 Å². The zero-order chi connectivity index (χ0) is 20.6. The van der Waals surface area contributed by atoms with Crippen molar-refractivity contribution in [3.05, 3.63) is 83.7 Å². The second-order valence-electron chi connectivity index (χ2n) is 5.79. The third kappa shape index (κ3) is 5.16. The molecule has 8 heteroatoms. The minimum absolute atomic E-state index is 0.0708. The molecule has 0 saturated heterocycles. The zero-order valence-corrected chi connectivity index (χ0v) is 15.4. The van der Waals surface area contributed by atoms with Gasteiger partial charge in [-0.25, -0.2) is 10.2 Å². The molecule has 146 valence electrons. The highest BCUT2D eigenvalue weighted by Crippen LogP contribution is 2.28. The lowest BCUT2D eigenvalue weighted by molar-refractivity contribution is 0.0729. The van der Waals surface area contributed by atoms with E-state index in [-0.39, 0.29) is 11.5 Å². The lowest BCUT2D eigenvalue weighted by Gasteiger charge is -2.09. The van der Waals surface area contributed by atoms with Gasteiger partial charge in [0.1, 0.15) is 5.75 Å². The Morgan fingerprint density at radius 2 is 1.86 bits per heavy atom. The maximum Gasteiger partial charge on any atom is 0.345 e. The van der Waals surface area contributed by atoms with E-state index in [1.165, 1.54) is 43.8 Å². The first-order valence-electron chi connectivity index (χ1n) is 8.49. The standard InChI is InChI=1S/C21H17N3O5/c1-28-19-11-14(12-23-24-20(26)15-5-7-17(25)8-6-15)4-9-18(19)29-21(27)16-3-2-10-22-13-16/h2-13,25H,1H3,(H,24,26)/b23-12+. The van der Waals surface area contributed by atoms with Gasteiger partial charge in [0.25, 0.3) is 5.91 Å². The van der Waals surface area contributed by atoms with E-state index in [9.17, 15) is 14.7 Å². The number of amides is 1. The number of pyridine rings is 1. The van der Waals surface area contributed by atoms with Gasteiger partial charge in [-0.3, -0.25) is 9.78 Å². The number of hydrazone groups is 1. The third-order valence-electron chi connectivity index (χ3n) is 3.80. The number of rotatable bonds is 6. The van der Waals surface area contributed by atoms with Crippen molar-refractivity contribution in [2.45, 2.75) is 0 Å². The van der Waals surface area contributed by atoms with Crippen molar-refractivity contribution in [2.24, 2.45) is 5.10 Å². The average Bonchev–Trinajstić information content (AvgIpc) is 2.75. The van der Waals surface area contributed by atoms with Crippen LogP contribution in [0.15, 0.2) is 72.1 Å². The number of hydrogen-bond acceptors (Lipinski definition) is 7. The van der Waals surface area contributed by atoms with Crippen molar-refractivity contribution in [2.75, 3.05) is 7.11 Å². The van der Waals surface area contributed by atoms with E-state index in [1.807, 2.05) is 0 Å². The van der Waals surface area contributed by atoms with Gasteiger partial charge in [0.15, 0.2) is 11.5 Å². The van der Waals surface area contributed by atoms with Crippen LogP contribution in [0.3, 0.4) is 0 Å². The number of carbonyl (C=O) groups is 2. The molecular formula is C21H17N3O5. The molecular weight excluding hydrogens is 374 g/mol. The highest BCUT2D eigenvalue weighted by Gasteiger charge is 2.13. The number of hydrogen-bond donors (Lipinski definition) is 2. The summed E-state index contributed by atoms with van der Waals surface area (Å²) in [4.78, 5) is 28.0. The van der Waals surface area contributed by atoms with Crippen molar-refractivity contribution < 1.29 is 24.2 Å². The predicted molar refractivity (Wildman–Crippen MR) is 105 cm³/mol. The number of aromatic nitrogens is 1. The normalized spacial score (nSPS) is 10.5. The van der Waals surface area contributed by atoms with Crippen LogP contribution in [0.4, 0.5) is 0 Å². The number of methoxy groups -OCH3 is 1. The molecule has 0 atom stereocenters. The Labute approximate surface area is 166 Å². The summed E-state index contributed by atoms with van der Waals surface area (Å²) < 4.78 is 10.6. The van der Waals surface area contributed by atoms with Crippen LogP contribution in [0.25, 0.3) is 0 Å². The Morgan fingerprint density at radius 1 is 1.07 bits per heavy atom. The molecule has 1 amide bonds. The average molecular weight is 391 g/mol. The van der Waals surface area contributed by atoms with Gasteiger partial charge in [0, 0.05) is 18.0 Å². The number of aromatic hydroxyl groups is 1. The van der Waals surface area contributed by atoms with E-state index in [2.05, 4.69) is 15.5 Å². The van der Waals surface area contributed by atoms with Crippen LogP contribution in [-0.2, 0) is 0 Å². The molecule has 0 spiro atoms. The van der Waals surface area contributed by atoms with Gasteiger partial charge in [0.2, 0.25) is 0 Å². The topological polar surface area (TPSA) is 110 Å². The molecule has 2 N–H and O–H groups in total. The minimum atomic E-state index is -0.557. The number of nitrogens with one attached hydrogen (secondary N) is 1. The third-order valence-corrected chi connectivity index (χ3v) is 3.80. The fourth-order valence-corrected chi connectivity index (χ4v) is 2.33. The second-order valence-corrected chi connectivity index (χ2v) is 5.79. The molecule has 1 heterocycles. The van der Waals surface area contributed by atoms with Gasteiger partial charge in [0.05, 0.1) is 18.9 Å². The van der Waals surface area contributed by atoms with Crippen LogP contribution in [0.1, 0.15) is 26.3 Å². The van der Waals surface area contributed by atoms with Crippen LogP contribution < -0.4 is 14.9 Å². The molecule has 0 aliphatic carbocycles. The Morgan fingerprint density at radius 3 is 2.55 bits per heavy atom. The van der Waals surface area contributed by atoms with Crippen LogP contribution in [0, 0.1) is 0 Å². The van der Waals surface area contributed by atoms with E-state index in [1.54, 1.807) is 36.5 Å². The maximum absolute atomic E-state index is 12.2. The fraction of sp³-hybridized carbons (Fsp3) is 0.0476. The molecule has 0 bridgehead atoms. The van der Waals surface area contributed by atoms with Gasteiger partial charge in [-0.1, -0.05) is 0 Å². The molecule has 2 aromatic carbocycles. The van der Waals surface area contributed by atoms with E-state index in [4.69, 9.17) is 9.47 Å². The summed E-state index contributed by atoms with van der Waals surface area (Å²) in [6.45, 7) is 0. The molecule has 0 saturated carbocycles. The van der Waals surface area contributed by atoms with Crippen LogP contribution in [-0.4, -0.2) is 35.3 Å². The van der Waals surface area contributed by atoms with Crippen molar-refractivity contribution in [3.8, 4) is 17.2 Å². The number of esters is 1. The molecule has 0 aliphatic rings. The van der Waals surface area contributed by atoms with Crippen molar-refractivity contribution in [3.63, 3.8) is 0 Å². The number of carbonyl (C=O) groups excluding carboxylic acids is 2.